The molecule has 0 aliphatic rings. The summed E-state index contributed by atoms with van der Waals surface area (Å²) in [6.45, 7) is 4.72. The molecule has 0 fully saturated rings. The summed E-state index contributed by atoms with van der Waals surface area (Å²) in [5.74, 6) is 2.12. The van der Waals surface area contributed by atoms with E-state index in [0.29, 0.717) is 12.4 Å². The lowest BCUT2D eigenvalue weighted by Crippen LogP contribution is -2.12. The third kappa shape index (κ3) is 5.07. The first kappa shape index (κ1) is 20.4. The fourth-order valence-corrected chi connectivity index (χ4v) is 2.63. The van der Waals surface area contributed by atoms with Gasteiger partial charge in [-0.1, -0.05) is 6.92 Å². The fraction of sp³-hybridized carbons (Fsp3) is 0.263. The van der Waals surface area contributed by atoms with Crippen molar-refractivity contribution in [2.24, 2.45) is 0 Å². The molecule has 142 valence electrons. The summed E-state index contributed by atoms with van der Waals surface area (Å²) in [7, 11) is 1.63. The number of nitrogens with two attached hydrogens (primary N) is 1. The first-order chi connectivity index (χ1) is 12.6. The second-order valence-electron chi connectivity index (χ2n) is 6.11. The predicted octanol–water partition coefficient (Wildman–Crippen LogP) is 3.16. The number of nitrogens with one attached hydrogen (secondary N) is 1. The zero-order chi connectivity index (χ0) is 18.5. The van der Waals surface area contributed by atoms with Crippen LogP contribution in [0.1, 0.15) is 24.1 Å². The molecular formula is C19H24N6OS. The summed E-state index contributed by atoms with van der Waals surface area (Å²) in [5, 5.41) is 3.35. The van der Waals surface area contributed by atoms with Crippen molar-refractivity contribution in [3.05, 3.63) is 54.2 Å². The van der Waals surface area contributed by atoms with Gasteiger partial charge in [-0.15, -0.1) is 0 Å². The molecule has 3 heterocycles. The van der Waals surface area contributed by atoms with Gasteiger partial charge < -0.3 is 15.8 Å². The number of ether oxygens (including phenoxy) is 1. The van der Waals surface area contributed by atoms with Gasteiger partial charge in [0.05, 0.1) is 19.0 Å². The van der Waals surface area contributed by atoms with Crippen molar-refractivity contribution in [3.8, 4) is 17.0 Å². The van der Waals surface area contributed by atoms with E-state index < -0.39 is 0 Å². The van der Waals surface area contributed by atoms with Crippen LogP contribution in [0.4, 0.5) is 11.6 Å². The second-order valence-corrected chi connectivity index (χ2v) is 6.11. The van der Waals surface area contributed by atoms with Crippen LogP contribution in [-0.2, 0) is 0 Å². The average molecular weight is 385 g/mol. The molecular weight excluding hydrogens is 360 g/mol. The number of methoxy groups -OCH3 is 1. The molecule has 0 aliphatic heterocycles. The van der Waals surface area contributed by atoms with Crippen molar-refractivity contribution in [2.45, 2.75) is 19.8 Å². The molecule has 0 saturated carbocycles. The molecule has 7 nitrogen and oxygen atoms in total. The Morgan fingerprint density at radius 3 is 2.63 bits per heavy atom. The van der Waals surface area contributed by atoms with Gasteiger partial charge >= 0.3 is 0 Å². The standard InChI is InChI=1S/C19H22N6O.H2S/c1-12(15-6-18(20)22-10-17(15)26-3)8-23-19-7-16(24-11-25-19)14-5-4-13(2)21-9-14;/h4-7,9-12H,8H2,1-3H3,(H2,20,22)(H,23,24,25);1H2/t12-;/m1./s1. The van der Waals surface area contributed by atoms with E-state index in [2.05, 4.69) is 32.2 Å². The van der Waals surface area contributed by atoms with Crippen LogP contribution in [0.15, 0.2) is 43.0 Å². The molecule has 0 spiro atoms. The van der Waals surface area contributed by atoms with Crippen molar-refractivity contribution in [3.63, 3.8) is 0 Å². The highest BCUT2D eigenvalue weighted by Gasteiger charge is 2.13. The Balaban J connectivity index is 0.00000261. The van der Waals surface area contributed by atoms with Crippen molar-refractivity contribution < 1.29 is 4.74 Å². The number of nitrogens with zero attached hydrogens (tertiary/aromatic N) is 4. The lowest BCUT2D eigenvalue weighted by Gasteiger charge is -2.17. The van der Waals surface area contributed by atoms with Gasteiger partial charge in [0, 0.05) is 41.5 Å². The van der Waals surface area contributed by atoms with E-state index in [1.165, 1.54) is 0 Å². The maximum absolute atomic E-state index is 5.81. The zero-order valence-corrected chi connectivity index (χ0v) is 16.6. The minimum atomic E-state index is 0. The number of anilines is 2. The highest BCUT2D eigenvalue weighted by molar-refractivity contribution is 7.59. The van der Waals surface area contributed by atoms with Crippen LogP contribution >= 0.6 is 13.5 Å². The molecule has 0 unspecified atom stereocenters. The van der Waals surface area contributed by atoms with Gasteiger partial charge in [-0.25, -0.2) is 15.0 Å². The minimum absolute atomic E-state index is 0. The molecule has 0 aromatic carbocycles. The van der Waals surface area contributed by atoms with E-state index in [1.807, 2.05) is 37.4 Å². The van der Waals surface area contributed by atoms with E-state index in [0.717, 1.165) is 34.1 Å². The molecule has 8 heteroatoms. The summed E-state index contributed by atoms with van der Waals surface area (Å²) in [6.07, 6.45) is 5.01. The zero-order valence-electron chi connectivity index (χ0n) is 15.6. The average Bonchev–Trinajstić information content (AvgIpc) is 2.67. The second kappa shape index (κ2) is 9.18. The Labute approximate surface area is 165 Å². The third-order valence-corrected chi connectivity index (χ3v) is 4.13. The number of aromatic nitrogens is 4. The number of aryl methyl sites for hydroxylation is 1. The van der Waals surface area contributed by atoms with Crippen LogP contribution in [0.2, 0.25) is 0 Å². The van der Waals surface area contributed by atoms with E-state index in [-0.39, 0.29) is 19.4 Å². The topological polar surface area (TPSA) is 98.8 Å². The Bertz CT molecular complexity index is 888. The minimum Gasteiger partial charge on any atom is -0.495 e. The van der Waals surface area contributed by atoms with Gasteiger partial charge in [0.15, 0.2) is 0 Å². The molecule has 3 aromatic rings. The van der Waals surface area contributed by atoms with Crippen LogP contribution in [0.3, 0.4) is 0 Å². The maximum Gasteiger partial charge on any atom is 0.140 e. The van der Waals surface area contributed by atoms with Gasteiger partial charge in [0.2, 0.25) is 0 Å². The quantitative estimate of drug-likeness (QED) is 0.673. The Kier molecular flexibility index (Phi) is 6.95. The summed E-state index contributed by atoms with van der Waals surface area (Å²) in [6, 6.07) is 7.72. The van der Waals surface area contributed by atoms with Gasteiger partial charge in [0.25, 0.3) is 0 Å². The van der Waals surface area contributed by atoms with E-state index in [1.54, 1.807) is 19.6 Å². The smallest absolute Gasteiger partial charge is 0.140 e. The normalized spacial score (nSPS) is 11.4. The Morgan fingerprint density at radius 1 is 1.11 bits per heavy atom. The first-order valence-electron chi connectivity index (χ1n) is 8.35. The molecule has 0 aliphatic carbocycles. The largest absolute Gasteiger partial charge is 0.495 e. The van der Waals surface area contributed by atoms with Crippen LogP contribution in [0.25, 0.3) is 11.3 Å². The molecule has 0 amide bonds. The maximum atomic E-state index is 5.81. The number of rotatable bonds is 6. The van der Waals surface area contributed by atoms with E-state index in [9.17, 15) is 0 Å². The molecule has 0 bridgehead atoms. The van der Waals surface area contributed by atoms with Gasteiger partial charge in [-0.05, 0) is 25.1 Å². The van der Waals surface area contributed by atoms with Gasteiger partial charge in [-0.2, -0.15) is 13.5 Å². The molecule has 3 aromatic heterocycles. The van der Waals surface area contributed by atoms with Crippen LogP contribution in [-0.4, -0.2) is 33.6 Å². The molecule has 1 atom stereocenters. The number of hydrogen-bond donors (Lipinski definition) is 2. The highest BCUT2D eigenvalue weighted by atomic mass is 32.1. The van der Waals surface area contributed by atoms with E-state index >= 15 is 0 Å². The molecule has 3 N–H and O–H groups in total. The summed E-state index contributed by atoms with van der Waals surface area (Å²) in [5.41, 5.74) is 9.57. The fourth-order valence-electron chi connectivity index (χ4n) is 2.63. The molecule has 27 heavy (non-hydrogen) atoms. The number of hydrogen-bond acceptors (Lipinski definition) is 7. The number of pyridine rings is 2. The summed E-state index contributed by atoms with van der Waals surface area (Å²) < 4.78 is 5.38. The SMILES string of the molecule is COc1cnc(N)cc1[C@H](C)CNc1cc(-c2ccc(C)nc2)ncn1.S. The summed E-state index contributed by atoms with van der Waals surface area (Å²) >= 11 is 0. The molecule has 3 rings (SSSR count). The lowest BCUT2D eigenvalue weighted by molar-refractivity contribution is 0.405. The monoisotopic (exact) mass is 384 g/mol. The van der Waals surface area contributed by atoms with E-state index in [4.69, 9.17) is 10.5 Å². The summed E-state index contributed by atoms with van der Waals surface area (Å²) in [4.78, 5) is 17.0. The molecule has 0 saturated heterocycles. The first-order valence-corrected chi connectivity index (χ1v) is 8.35. The number of nitrogen functional groups attached to an aromatic ring is 1. The van der Waals surface area contributed by atoms with Crippen molar-refractivity contribution in [1.82, 2.24) is 19.9 Å². The third-order valence-electron chi connectivity index (χ3n) is 4.13. The lowest BCUT2D eigenvalue weighted by atomic mass is 10.0. The molecule has 0 radical (unpaired) electrons. The van der Waals surface area contributed by atoms with Gasteiger partial charge in [0.1, 0.15) is 23.7 Å². The Hall–Kier alpha value is -2.87. The van der Waals surface area contributed by atoms with Gasteiger partial charge in [-0.3, -0.25) is 4.98 Å². The predicted molar refractivity (Wildman–Crippen MR) is 112 cm³/mol. The van der Waals surface area contributed by atoms with Crippen LogP contribution < -0.4 is 15.8 Å². The highest BCUT2D eigenvalue weighted by Crippen LogP contribution is 2.27. The Morgan fingerprint density at radius 2 is 1.93 bits per heavy atom. The van der Waals surface area contributed by atoms with Crippen molar-refractivity contribution in [2.75, 3.05) is 24.7 Å². The van der Waals surface area contributed by atoms with Crippen LogP contribution in [0, 0.1) is 6.92 Å². The van der Waals surface area contributed by atoms with Crippen molar-refractivity contribution in [1.29, 1.82) is 0 Å². The van der Waals surface area contributed by atoms with Crippen molar-refractivity contribution >= 4 is 25.1 Å². The van der Waals surface area contributed by atoms with Crippen LogP contribution in [0.5, 0.6) is 5.75 Å².